The van der Waals surface area contributed by atoms with Gasteiger partial charge < -0.3 is 55.0 Å². The molecule has 0 heterocycles. The third kappa shape index (κ3) is 15.4. The highest BCUT2D eigenvalue weighted by Crippen LogP contribution is 2.06. The highest BCUT2D eigenvalue weighted by atomic mass is 16.4. The summed E-state index contributed by atoms with van der Waals surface area (Å²) < 4.78 is 0. The molecule has 0 aromatic carbocycles. The Balaban J connectivity index is 5.62. The SMILES string of the molecule is C[C@H](NC(=O)[C@H](C)NC(=O)[C@H](CCCN=C(N)N)NC(=O)[C@H](CCCCN)NC(=O)[C@@H](N)CCC(N)=O)C(=O)O. The van der Waals surface area contributed by atoms with Crippen molar-refractivity contribution in [1.29, 1.82) is 0 Å². The third-order valence-electron chi connectivity index (χ3n) is 5.68. The van der Waals surface area contributed by atoms with Gasteiger partial charge in [0.15, 0.2) is 5.96 Å². The fourth-order valence-corrected chi connectivity index (χ4v) is 3.29. The second-order valence-corrected chi connectivity index (χ2v) is 9.27. The number of carbonyl (C=O) groups excluding carboxylic acids is 5. The van der Waals surface area contributed by atoms with Crippen molar-refractivity contribution in [3.8, 4) is 0 Å². The number of rotatable bonds is 20. The van der Waals surface area contributed by atoms with E-state index in [9.17, 15) is 28.8 Å². The molecule has 5 amide bonds. The number of nitrogens with two attached hydrogens (primary N) is 5. The molecule has 17 nitrogen and oxygen atoms in total. The summed E-state index contributed by atoms with van der Waals surface area (Å²) in [6.07, 6.45) is 1.43. The van der Waals surface area contributed by atoms with Crippen LogP contribution in [0.3, 0.4) is 0 Å². The Kier molecular flexibility index (Phi) is 17.2. The molecule has 0 unspecified atom stereocenters. The lowest BCUT2D eigenvalue weighted by Gasteiger charge is -2.25. The van der Waals surface area contributed by atoms with E-state index in [0.717, 1.165) is 0 Å². The lowest BCUT2D eigenvalue weighted by Crippen LogP contribution is -2.57. The van der Waals surface area contributed by atoms with Gasteiger partial charge in [-0.1, -0.05) is 0 Å². The number of nitrogens with one attached hydrogen (secondary N) is 4. The maximum atomic E-state index is 13.2. The highest BCUT2D eigenvalue weighted by molar-refractivity contribution is 5.95. The number of hydrogen-bond acceptors (Lipinski definition) is 9. The predicted octanol–water partition coefficient (Wildman–Crippen LogP) is -4.17. The van der Waals surface area contributed by atoms with Crippen molar-refractivity contribution in [2.24, 2.45) is 33.7 Å². The molecule has 0 saturated carbocycles. The van der Waals surface area contributed by atoms with Gasteiger partial charge in [-0.2, -0.15) is 0 Å². The second kappa shape index (κ2) is 19.1. The van der Waals surface area contributed by atoms with E-state index >= 15 is 0 Å². The van der Waals surface area contributed by atoms with Crippen LogP contribution in [0.2, 0.25) is 0 Å². The first-order chi connectivity index (χ1) is 18.7. The van der Waals surface area contributed by atoms with Crippen LogP contribution in [-0.4, -0.2) is 89.9 Å². The monoisotopic (exact) mass is 572 g/mol. The van der Waals surface area contributed by atoms with E-state index in [0.29, 0.717) is 19.4 Å². The molecular weight excluding hydrogens is 528 g/mol. The number of amides is 5. The summed E-state index contributed by atoms with van der Waals surface area (Å²) in [4.78, 5) is 76.9. The fraction of sp³-hybridized carbons (Fsp3) is 0.696. The van der Waals surface area contributed by atoms with Crippen molar-refractivity contribution in [3.63, 3.8) is 0 Å². The minimum Gasteiger partial charge on any atom is -0.480 e. The molecule has 0 rings (SSSR count). The minimum atomic E-state index is -1.26. The van der Waals surface area contributed by atoms with Crippen LogP contribution in [0.1, 0.15) is 58.8 Å². The standard InChI is InChI=1S/C23H44N10O7/c1-12(18(35)31-13(2)22(39)40)30-20(37)16(7-5-11-29-23(27)28)33-21(38)15(6-3-4-10-24)32-19(36)14(25)8-9-17(26)34/h12-16H,3-11,24-25H2,1-2H3,(H2,26,34)(H,30,37)(H,31,35)(H,32,36)(H,33,38)(H,39,40)(H4,27,28,29)/t12-,13-,14-,15-,16-/m0/s1. The Bertz CT molecular complexity index is 910. The molecule has 15 N–H and O–H groups in total. The molecule has 0 aliphatic rings. The summed E-state index contributed by atoms with van der Waals surface area (Å²) in [5, 5.41) is 18.8. The summed E-state index contributed by atoms with van der Waals surface area (Å²) >= 11 is 0. The van der Waals surface area contributed by atoms with Gasteiger partial charge in [0.05, 0.1) is 6.04 Å². The summed E-state index contributed by atoms with van der Waals surface area (Å²) in [5.41, 5.74) is 27.1. The Morgan fingerprint density at radius 2 is 1.25 bits per heavy atom. The molecule has 0 fully saturated rings. The van der Waals surface area contributed by atoms with Gasteiger partial charge in [-0.3, -0.25) is 33.8 Å². The Morgan fingerprint density at radius 3 is 1.77 bits per heavy atom. The largest absolute Gasteiger partial charge is 0.480 e. The summed E-state index contributed by atoms with van der Waals surface area (Å²) in [7, 11) is 0. The Morgan fingerprint density at radius 1 is 0.725 bits per heavy atom. The van der Waals surface area contributed by atoms with Crippen molar-refractivity contribution in [1.82, 2.24) is 21.3 Å². The van der Waals surface area contributed by atoms with Crippen molar-refractivity contribution in [2.75, 3.05) is 13.1 Å². The summed E-state index contributed by atoms with van der Waals surface area (Å²) in [6, 6.07) is -5.65. The molecule has 0 bridgehead atoms. The van der Waals surface area contributed by atoms with E-state index in [-0.39, 0.29) is 44.6 Å². The van der Waals surface area contributed by atoms with E-state index in [4.69, 9.17) is 33.8 Å². The molecule has 228 valence electrons. The molecular formula is C23H44N10O7. The van der Waals surface area contributed by atoms with Gasteiger partial charge in [0.2, 0.25) is 29.5 Å². The van der Waals surface area contributed by atoms with Crippen LogP contribution >= 0.6 is 0 Å². The van der Waals surface area contributed by atoms with Crippen LogP contribution in [0.25, 0.3) is 0 Å². The van der Waals surface area contributed by atoms with E-state index in [1.165, 1.54) is 13.8 Å². The summed E-state index contributed by atoms with van der Waals surface area (Å²) in [5.74, 6) is -4.88. The molecule has 40 heavy (non-hydrogen) atoms. The topological polar surface area (TPSA) is 313 Å². The highest BCUT2D eigenvalue weighted by Gasteiger charge is 2.29. The molecule has 0 aromatic rings. The van der Waals surface area contributed by atoms with Gasteiger partial charge in [0.25, 0.3) is 0 Å². The summed E-state index contributed by atoms with van der Waals surface area (Å²) in [6.45, 7) is 3.12. The zero-order valence-corrected chi connectivity index (χ0v) is 23.0. The number of carboxylic acid groups (broad SMARTS) is 1. The molecule has 0 radical (unpaired) electrons. The van der Waals surface area contributed by atoms with Gasteiger partial charge in [-0.25, -0.2) is 0 Å². The van der Waals surface area contributed by atoms with Gasteiger partial charge in [-0.05, 0) is 58.9 Å². The zero-order chi connectivity index (χ0) is 30.8. The minimum absolute atomic E-state index is 0.0193. The predicted molar refractivity (Wildman–Crippen MR) is 146 cm³/mol. The van der Waals surface area contributed by atoms with Crippen LogP contribution in [0.5, 0.6) is 0 Å². The lowest BCUT2D eigenvalue weighted by atomic mass is 10.0. The number of guanidine groups is 1. The number of primary amides is 1. The van der Waals surface area contributed by atoms with Crippen LogP contribution in [0.4, 0.5) is 0 Å². The van der Waals surface area contributed by atoms with Gasteiger partial charge in [0.1, 0.15) is 24.2 Å². The van der Waals surface area contributed by atoms with E-state index < -0.39 is 65.7 Å². The molecule has 5 atom stereocenters. The number of carbonyl (C=O) groups is 6. The van der Waals surface area contributed by atoms with E-state index in [1.54, 1.807) is 0 Å². The average molecular weight is 573 g/mol. The van der Waals surface area contributed by atoms with Crippen molar-refractivity contribution < 1.29 is 33.9 Å². The zero-order valence-electron chi connectivity index (χ0n) is 23.0. The van der Waals surface area contributed by atoms with Crippen LogP contribution in [-0.2, 0) is 28.8 Å². The number of aliphatic carboxylic acids is 1. The van der Waals surface area contributed by atoms with E-state index in [1.807, 2.05) is 0 Å². The van der Waals surface area contributed by atoms with Crippen molar-refractivity contribution in [3.05, 3.63) is 0 Å². The maximum Gasteiger partial charge on any atom is 0.325 e. The molecule has 0 aromatic heterocycles. The van der Waals surface area contributed by atoms with Crippen molar-refractivity contribution in [2.45, 2.75) is 89.0 Å². The molecule has 0 spiro atoms. The third-order valence-corrected chi connectivity index (χ3v) is 5.68. The number of nitrogens with zero attached hydrogens (tertiary/aromatic N) is 1. The lowest BCUT2D eigenvalue weighted by molar-refractivity contribution is -0.141. The van der Waals surface area contributed by atoms with Crippen LogP contribution in [0.15, 0.2) is 4.99 Å². The quantitative estimate of drug-likeness (QED) is 0.0379. The number of carboxylic acids is 1. The first-order valence-corrected chi connectivity index (χ1v) is 12.9. The van der Waals surface area contributed by atoms with Crippen molar-refractivity contribution >= 4 is 41.5 Å². The average Bonchev–Trinajstić information content (AvgIpc) is 2.87. The van der Waals surface area contributed by atoms with E-state index in [2.05, 4.69) is 26.3 Å². The smallest absolute Gasteiger partial charge is 0.325 e. The number of unbranched alkanes of at least 4 members (excludes halogenated alkanes) is 1. The normalized spacial score (nSPS) is 14.4. The molecule has 0 saturated heterocycles. The van der Waals surface area contributed by atoms with Crippen LogP contribution in [0, 0.1) is 0 Å². The fourth-order valence-electron chi connectivity index (χ4n) is 3.29. The van der Waals surface area contributed by atoms with Crippen LogP contribution < -0.4 is 49.9 Å². The Labute approximate surface area is 232 Å². The first kappa shape index (κ1) is 36.0. The first-order valence-electron chi connectivity index (χ1n) is 12.9. The molecule has 0 aliphatic heterocycles. The molecule has 0 aliphatic carbocycles. The second-order valence-electron chi connectivity index (χ2n) is 9.27. The Hall–Kier alpha value is -3.99. The number of aliphatic imine (C=N–C) groups is 1. The van der Waals surface area contributed by atoms with Gasteiger partial charge in [0, 0.05) is 13.0 Å². The maximum absolute atomic E-state index is 13.2. The van der Waals surface area contributed by atoms with Gasteiger partial charge in [-0.15, -0.1) is 0 Å². The molecule has 17 heteroatoms. The van der Waals surface area contributed by atoms with Gasteiger partial charge >= 0.3 is 5.97 Å². The number of hydrogen-bond donors (Lipinski definition) is 10.